The molecule has 7 heteroatoms. The molecule has 0 bridgehead atoms. The number of hydrogen-bond acceptors (Lipinski definition) is 6. The van der Waals surface area contributed by atoms with Crippen molar-refractivity contribution in [3.05, 3.63) is 65.6 Å². The number of methoxy groups -OCH3 is 2. The second kappa shape index (κ2) is 9.05. The van der Waals surface area contributed by atoms with Crippen molar-refractivity contribution < 1.29 is 14.3 Å². The lowest BCUT2D eigenvalue weighted by Crippen LogP contribution is -2.15. The monoisotopic (exact) mass is 392 g/mol. The minimum absolute atomic E-state index is 0.235. The van der Waals surface area contributed by atoms with E-state index in [0.29, 0.717) is 23.0 Å². The maximum Gasteiger partial charge on any atom is 0.274 e. The van der Waals surface area contributed by atoms with Crippen LogP contribution in [0.25, 0.3) is 0 Å². The molecule has 3 aromatic rings. The number of aromatic nitrogens is 2. The average molecular weight is 392 g/mol. The Balaban J connectivity index is 1.84. The molecule has 1 aromatic heterocycles. The third-order valence-corrected chi connectivity index (χ3v) is 4.55. The maximum atomic E-state index is 12.8. The lowest BCUT2D eigenvalue weighted by molar-refractivity contribution is 0.102. The Labute approximate surface area is 170 Å². The van der Waals surface area contributed by atoms with Crippen LogP contribution in [0, 0.1) is 6.92 Å². The predicted molar refractivity (Wildman–Crippen MR) is 113 cm³/mol. The number of aryl methyl sites for hydroxylation is 2. The number of nitrogens with one attached hydrogen (secondary N) is 2. The van der Waals surface area contributed by atoms with E-state index in [-0.39, 0.29) is 11.6 Å². The van der Waals surface area contributed by atoms with E-state index in [2.05, 4.69) is 33.6 Å². The molecular formula is C22H24N4O3. The molecule has 0 spiro atoms. The van der Waals surface area contributed by atoms with Crippen LogP contribution in [0.2, 0.25) is 0 Å². The third kappa shape index (κ3) is 4.63. The molecule has 150 valence electrons. The van der Waals surface area contributed by atoms with Crippen molar-refractivity contribution in [1.82, 2.24) is 9.97 Å². The fraction of sp³-hybridized carbons (Fsp3) is 0.227. The summed E-state index contributed by atoms with van der Waals surface area (Å²) in [5, 5.41) is 6.13. The highest BCUT2D eigenvalue weighted by Crippen LogP contribution is 2.29. The van der Waals surface area contributed by atoms with Gasteiger partial charge in [-0.2, -0.15) is 0 Å². The van der Waals surface area contributed by atoms with E-state index >= 15 is 0 Å². The fourth-order valence-electron chi connectivity index (χ4n) is 2.98. The van der Waals surface area contributed by atoms with Gasteiger partial charge in [-0.05, 0) is 36.6 Å². The van der Waals surface area contributed by atoms with Crippen LogP contribution in [-0.4, -0.2) is 30.1 Å². The number of carbonyl (C=O) groups is 1. The number of hydrogen-bond donors (Lipinski definition) is 2. The number of nitrogens with zero attached hydrogens (tertiary/aromatic N) is 2. The van der Waals surface area contributed by atoms with Crippen molar-refractivity contribution in [3.63, 3.8) is 0 Å². The van der Waals surface area contributed by atoms with Crippen molar-refractivity contribution in [2.45, 2.75) is 20.3 Å². The van der Waals surface area contributed by atoms with Gasteiger partial charge < -0.3 is 20.1 Å². The molecule has 7 nitrogen and oxygen atoms in total. The van der Waals surface area contributed by atoms with E-state index < -0.39 is 0 Å². The van der Waals surface area contributed by atoms with Gasteiger partial charge in [0.1, 0.15) is 29.3 Å². The van der Waals surface area contributed by atoms with Gasteiger partial charge in [0, 0.05) is 17.8 Å². The Bertz CT molecular complexity index is 1020. The zero-order valence-electron chi connectivity index (χ0n) is 16.9. The first-order chi connectivity index (χ1) is 14.0. The third-order valence-electron chi connectivity index (χ3n) is 4.55. The minimum atomic E-state index is -0.373. The molecule has 0 fully saturated rings. The molecule has 0 aliphatic heterocycles. The first-order valence-corrected chi connectivity index (χ1v) is 9.26. The summed E-state index contributed by atoms with van der Waals surface area (Å²) < 4.78 is 10.5. The zero-order valence-corrected chi connectivity index (χ0v) is 16.9. The van der Waals surface area contributed by atoms with Crippen LogP contribution in [0.1, 0.15) is 28.5 Å². The number of rotatable bonds is 7. The number of ether oxygens (including phenoxy) is 2. The van der Waals surface area contributed by atoms with Crippen molar-refractivity contribution in [2.24, 2.45) is 0 Å². The molecule has 0 unspecified atom stereocenters. The molecule has 0 saturated carbocycles. The Kier molecular flexibility index (Phi) is 6.29. The molecule has 0 saturated heterocycles. The highest BCUT2D eigenvalue weighted by atomic mass is 16.5. The van der Waals surface area contributed by atoms with E-state index in [1.165, 1.54) is 19.0 Å². The summed E-state index contributed by atoms with van der Waals surface area (Å²) in [5.74, 6) is 1.31. The van der Waals surface area contributed by atoms with E-state index in [1.54, 1.807) is 31.4 Å². The van der Waals surface area contributed by atoms with Crippen LogP contribution >= 0.6 is 0 Å². The van der Waals surface area contributed by atoms with Crippen molar-refractivity contribution in [2.75, 3.05) is 24.9 Å². The van der Waals surface area contributed by atoms with Crippen LogP contribution < -0.4 is 20.1 Å². The van der Waals surface area contributed by atoms with Crippen LogP contribution in [-0.2, 0) is 6.42 Å². The van der Waals surface area contributed by atoms with Crippen LogP contribution in [0.5, 0.6) is 11.5 Å². The minimum Gasteiger partial charge on any atom is -0.497 e. The second-order valence-corrected chi connectivity index (χ2v) is 6.40. The number of amides is 1. The molecule has 29 heavy (non-hydrogen) atoms. The number of benzene rings is 2. The lowest BCUT2D eigenvalue weighted by atomic mass is 10.1. The summed E-state index contributed by atoms with van der Waals surface area (Å²) in [4.78, 5) is 21.1. The second-order valence-electron chi connectivity index (χ2n) is 6.40. The largest absolute Gasteiger partial charge is 0.497 e. The molecular weight excluding hydrogens is 368 g/mol. The van der Waals surface area contributed by atoms with Gasteiger partial charge in [0.15, 0.2) is 0 Å². The highest BCUT2D eigenvalue weighted by Gasteiger charge is 2.14. The molecule has 0 atom stereocenters. The molecule has 2 aromatic carbocycles. The van der Waals surface area contributed by atoms with E-state index in [9.17, 15) is 4.79 Å². The standard InChI is InChI=1S/C22H24N4O3/c1-5-15-8-6-7-14(2)21(15)26-20-12-18(23-13-24-20)22(27)25-17-11-16(28-3)9-10-19(17)29-4/h6-13H,5H2,1-4H3,(H,25,27)(H,23,24,26). The molecule has 0 aliphatic rings. The summed E-state index contributed by atoms with van der Waals surface area (Å²) >= 11 is 0. The van der Waals surface area contributed by atoms with Gasteiger partial charge in [0.05, 0.1) is 19.9 Å². The van der Waals surface area contributed by atoms with Crippen LogP contribution in [0.15, 0.2) is 48.8 Å². The van der Waals surface area contributed by atoms with E-state index in [1.807, 2.05) is 19.1 Å². The van der Waals surface area contributed by atoms with E-state index in [0.717, 1.165) is 17.7 Å². The zero-order chi connectivity index (χ0) is 20.8. The first-order valence-electron chi connectivity index (χ1n) is 9.26. The Morgan fingerprint density at radius 1 is 1.07 bits per heavy atom. The van der Waals surface area contributed by atoms with E-state index in [4.69, 9.17) is 9.47 Å². The smallest absolute Gasteiger partial charge is 0.274 e. The van der Waals surface area contributed by atoms with Crippen molar-refractivity contribution >= 4 is 23.1 Å². The van der Waals surface area contributed by atoms with Crippen LogP contribution in [0.3, 0.4) is 0 Å². The van der Waals surface area contributed by atoms with Crippen molar-refractivity contribution in [1.29, 1.82) is 0 Å². The van der Waals surface area contributed by atoms with Gasteiger partial charge >= 0.3 is 0 Å². The maximum absolute atomic E-state index is 12.8. The fourth-order valence-corrected chi connectivity index (χ4v) is 2.98. The van der Waals surface area contributed by atoms with Gasteiger partial charge in [-0.3, -0.25) is 4.79 Å². The molecule has 1 heterocycles. The predicted octanol–water partition coefficient (Wildman–Crippen LogP) is 4.36. The number of anilines is 3. The normalized spacial score (nSPS) is 10.3. The lowest BCUT2D eigenvalue weighted by Gasteiger charge is -2.14. The van der Waals surface area contributed by atoms with Crippen LogP contribution in [0.4, 0.5) is 17.2 Å². The summed E-state index contributed by atoms with van der Waals surface area (Å²) in [6.07, 6.45) is 2.25. The van der Waals surface area contributed by atoms with Crippen molar-refractivity contribution in [3.8, 4) is 11.5 Å². The Morgan fingerprint density at radius 2 is 1.90 bits per heavy atom. The number of para-hydroxylation sites is 1. The Morgan fingerprint density at radius 3 is 2.62 bits per heavy atom. The van der Waals surface area contributed by atoms with Gasteiger partial charge in [-0.25, -0.2) is 9.97 Å². The molecule has 0 aliphatic carbocycles. The van der Waals surface area contributed by atoms with Gasteiger partial charge in [-0.15, -0.1) is 0 Å². The van der Waals surface area contributed by atoms with Gasteiger partial charge in [0.2, 0.25) is 0 Å². The highest BCUT2D eigenvalue weighted by molar-refractivity contribution is 6.04. The number of carbonyl (C=O) groups excluding carboxylic acids is 1. The summed E-state index contributed by atoms with van der Waals surface area (Å²) in [6.45, 7) is 4.13. The SMILES string of the molecule is CCc1cccc(C)c1Nc1cc(C(=O)Nc2cc(OC)ccc2OC)ncn1. The summed E-state index contributed by atoms with van der Waals surface area (Å²) in [5.41, 5.74) is 4.01. The summed E-state index contributed by atoms with van der Waals surface area (Å²) in [7, 11) is 3.10. The van der Waals surface area contributed by atoms with Gasteiger partial charge in [0.25, 0.3) is 5.91 Å². The average Bonchev–Trinajstić information content (AvgIpc) is 2.75. The van der Waals surface area contributed by atoms with Gasteiger partial charge in [-0.1, -0.05) is 25.1 Å². The molecule has 0 radical (unpaired) electrons. The quantitative estimate of drug-likeness (QED) is 0.621. The molecule has 3 rings (SSSR count). The Hall–Kier alpha value is -3.61. The topological polar surface area (TPSA) is 85.4 Å². The molecule has 1 amide bonds. The summed E-state index contributed by atoms with van der Waals surface area (Å²) in [6, 6.07) is 12.9. The first kappa shape index (κ1) is 20.1. The molecule has 2 N–H and O–H groups in total.